The van der Waals surface area contributed by atoms with Crippen LogP contribution in [0.1, 0.15) is 28.9 Å². The second-order valence-corrected chi connectivity index (χ2v) is 6.54. The van der Waals surface area contributed by atoms with Crippen LogP contribution in [-0.4, -0.2) is 42.8 Å². The molecule has 26 heavy (non-hydrogen) atoms. The first kappa shape index (κ1) is 18.6. The summed E-state index contributed by atoms with van der Waals surface area (Å²) in [5.74, 6) is -0.316. The van der Waals surface area contributed by atoms with Crippen molar-refractivity contribution >= 4 is 23.2 Å². The fourth-order valence-electron chi connectivity index (χ4n) is 3.09. The van der Waals surface area contributed by atoms with Crippen molar-refractivity contribution in [2.75, 3.05) is 26.3 Å². The molecular weight excluding hydrogens is 350 g/mol. The monoisotopic (exact) mass is 371 g/mol. The van der Waals surface area contributed by atoms with Crippen LogP contribution in [0.5, 0.6) is 0 Å². The molecule has 1 amide bonds. The van der Waals surface area contributed by atoms with E-state index in [1.165, 1.54) is 0 Å². The zero-order valence-corrected chi connectivity index (χ0v) is 15.4. The van der Waals surface area contributed by atoms with Crippen molar-refractivity contribution in [3.63, 3.8) is 0 Å². The fraction of sp³-hybridized carbons (Fsp3) is 0.300. The van der Waals surface area contributed by atoms with Gasteiger partial charge in [0.05, 0.1) is 35.6 Å². The topological polar surface area (TPSA) is 53.9 Å². The first-order chi connectivity index (χ1) is 12.7. The molecule has 1 N–H and O–H groups in total. The molecule has 0 saturated carbocycles. The number of rotatable bonds is 5. The van der Waals surface area contributed by atoms with Gasteiger partial charge >= 0.3 is 0 Å². The predicted octanol–water partition coefficient (Wildman–Crippen LogP) is 3.52. The van der Waals surface area contributed by atoms with Crippen molar-refractivity contribution < 1.29 is 9.53 Å². The van der Waals surface area contributed by atoms with E-state index in [2.05, 4.69) is 27.6 Å². The van der Waals surface area contributed by atoms with Crippen LogP contribution in [0.4, 0.5) is 0 Å². The number of nitrogens with zero attached hydrogens (tertiary/aromatic N) is 2. The second kappa shape index (κ2) is 8.94. The van der Waals surface area contributed by atoms with Gasteiger partial charge in [-0.15, -0.1) is 0 Å². The molecule has 2 aromatic rings. The molecule has 0 aromatic heterocycles. The van der Waals surface area contributed by atoms with Crippen molar-refractivity contribution in [2.45, 2.75) is 13.0 Å². The Labute approximate surface area is 158 Å². The third kappa shape index (κ3) is 4.49. The highest BCUT2D eigenvalue weighted by atomic mass is 35.5. The average Bonchev–Trinajstić information content (AvgIpc) is 2.68. The van der Waals surface area contributed by atoms with Crippen LogP contribution >= 0.6 is 11.6 Å². The molecule has 1 aliphatic rings. The van der Waals surface area contributed by atoms with Crippen LogP contribution in [-0.2, 0) is 4.74 Å². The Balaban J connectivity index is 1.80. The van der Waals surface area contributed by atoms with Gasteiger partial charge in [0.15, 0.2) is 0 Å². The molecular formula is C20H22ClN3O2. The Morgan fingerprint density at radius 1 is 1.12 bits per heavy atom. The molecule has 0 spiro atoms. The van der Waals surface area contributed by atoms with E-state index in [4.69, 9.17) is 16.3 Å². The van der Waals surface area contributed by atoms with Crippen LogP contribution < -0.4 is 5.43 Å². The van der Waals surface area contributed by atoms with E-state index in [-0.39, 0.29) is 11.9 Å². The minimum Gasteiger partial charge on any atom is -0.379 e. The normalized spacial score (nSPS) is 16.9. The lowest BCUT2D eigenvalue weighted by atomic mass is 10.0. The van der Waals surface area contributed by atoms with Crippen molar-refractivity contribution in [3.8, 4) is 0 Å². The number of carbonyl (C=O) groups excluding carboxylic acids is 1. The Morgan fingerprint density at radius 2 is 1.77 bits per heavy atom. The third-order valence-corrected chi connectivity index (χ3v) is 4.70. The number of hydrazone groups is 1. The Hall–Kier alpha value is -2.21. The number of carbonyl (C=O) groups is 1. The summed E-state index contributed by atoms with van der Waals surface area (Å²) in [5, 5.41) is 4.78. The Bertz CT molecular complexity index is 774. The molecule has 6 heteroatoms. The molecule has 0 aliphatic carbocycles. The summed E-state index contributed by atoms with van der Waals surface area (Å²) in [6.45, 7) is 4.97. The third-order valence-electron chi connectivity index (χ3n) is 4.37. The number of halogens is 1. The molecule has 1 fully saturated rings. The number of amides is 1. The van der Waals surface area contributed by atoms with Gasteiger partial charge in [-0.25, -0.2) is 5.43 Å². The number of benzene rings is 2. The Morgan fingerprint density at radius 3 is 2.46 bits per heavy atom. The minimum absolute atomic E-state index is 0.00774. The quantitative estimate of drug-likeness (QED) is 0.646. The van der Waals surface area contributed by atoms with E-state index >= 15 is 0 Å². The standard InChI is InChI=1S/C20H22ClN3O2/c1-15(22-23-20(25)17-9-5-6-10-18(17)21)19(16-7-3-2-4-8-16)24-11-13-26-14-12-24/h2-10,19H,11-14H2,1H3,(H,23,25)/b22-15-/t19-/m1/s1. The summed E-state index contributed by atoms with van der Waals surface area (Å²) in [7, 11) is 0. The van der Waals surface area contributed by atoms with Gasteiger partial charge in [0.25, 0.3) is 5.91 Å². The van der Waals surface area contributed by atoms with Gasteiger partial charge in [-0.3, -0.25) is 9.69 Å². The Kier molecular flexibility index (Phi) is 6.39. The molecule has 5 nitrogen and oxygen atoms in total. The first-order valence-corrected chi connectivity index (χ1v) is 9.00. The molecule has 0 bridgehead atoms. The van der Waals surface area contributed by atoms with E-state index in [0.717, 1.165) is 24.4 Å². The number of morpholine rings is 1. The number of ether oxygens (including phenoxy) is 1. The lowest BCUT2D eigenvalue weighted by Crippen LogP contribution is -2.42. The van der Waals surface area contributed by atoms with Crippen LogP contribution in [0.3, 0.4) is 0 Å². The average molecular weight is 372 g/mol. The van der Waals surface area contributed by atoms with Crippen molar-refractivity contribution in [1.29, 1.82) is 0 Å². The van der Waals surface area contributed by atoms with Gasteiger partial charge in [-0.05, 0) is 24.6 Å². The highest BCUT2D eigenvalue weighted by Gasteiger charge is 2.25. The van der Waals surface area contributed by atoms with Crippen molar-refractivity contribution in [1.82, 2.24) is 10.3 Å². The molecule has 0 radical (unpaired) electrons. The zero-order chi connectivity index (χ0) is 18.4. The SMILES string of the molecule is C/C(=N/NC(=O)c1ccccc1Cl)[C@H](c1ccccc1)N1CCOCC1. The number of nitrogens with one attached hydrogen (secondary N) is 1. The van der Waals surface area contributed by atoms with Gasteiger partial charge in [0, 0.05) is 13.1 Å². The zero-order valence-electron chi connectivity index (χ0n) is 14.7. The van der Waals surface area contributed by atoms with Gasteiger partial charge in [-0.1, -0.05) is 54.1 Å². The fourth-order valence-corrected chi connectivity index (χ4v) is 3.31. The molecule has 1 atom stereocenters. The molecule has 2 aromatic carbocycles. The van der Waals surface area contributed by atoms with Crippen LogP contribution in [0.2, 0.25) is 5.02 Å². The number of hydrogen-bond acceptors (Lipinski definition) is 4. The summed E-state index contributed by atoms with van der Waals surface area (Å²) in [4.78, 5) is 14.7. The molecule has 1 aliphatic heterocycles. The van der Waals surface area contributed by atoms with Gasteiger partial charge in [0.1, 0.15) is 0 Å². The summed E-state index contributed by atoms with van der Waals surface area (Å²) >= 11 is 6.08. The maximum atomic E-state index is 12.4. The lowest BCUT2D eigenvalue weighted by molar-refractivity contribution is 0.0285. The minimum atomic E-state index is -0.316. The molecule has 1 saturated heterocycles. The van der Waals surface area contributed by atoms with Gasteiger partial charge in [0.2, 0.25) is 0 Å². The largest absolute Gasteiger partial charge is 0.379 e. The van der Waals surface area contributed by atoms with E-state index in [9.17, 15) is 4.79 Å². The first-order valence-electron chi connectivity index (χ1n) is 8.62. The molecule has 136 valence electrons. The summed E-state index contributed by atoms with van der Waals surface area (Å²) in [6, 6.07) is 17.1. The number of hydrogen-bond donors (Lipinski definition) is 1. The molecule has 1 heterocycles. The van der Waals surface area contributed by atoms with Crippen LogP contribution in [0, 0.1) is 0 Å². The van der Waals surface area contributed by atoms with E-state index < -0.39 is 0 Å². The molecule has 3 rings (SSSR count). The maximum Gasteiger partial charge on any atom is 0.272 e. The van der Waals surface area contributed by atoms with E-state index in [1.807, 2.05) is 25.1 Å². The summed E-state index contributed by atoms with van der Waals surface area (Å²) in [5.41, 5.74) is 5.01. The van der Waals surface area contributed by atoms with Crippen molar-refractivity contribution in [2.24, 2.45) is 5.10 Å². The van der Waals surface area contributed by atoms with E-state index in [0.29, 0.717) is 23.8 Å². The van der Waals surface area contributed by atoms with Gasteiger partial charge < -0.3 is 4.74 Å². The highest BCUT2D eigenvalue weighted by molar-refractivity contribution is 6.33. The maximum absolute atomic E-state index is 12.4. The van der Waals surface area contributed by atoms with E-state index in [1.54, 1.807) is 24.3 Å². The predicted molar refractivity (Wildman–Crippen MR) is 104 cm³/mol. The highest BCUT2D eigenvalue weighted by Crippen LogP contribution is 2.23. The lowest BCUT2D eigenvalue weighted by Gasteiger charge is -2.34. The van der Waals surface area contributed by atoms with Gasteiger partial charge in [-0.2, -0.15) is 5.10 Å². The van der Waals surface area contributed by atoms with Crippen molar-refractivity contribution in [3.05, 3.63) is 70.7 Å². The van der Waals surface area contributed by atoms with Crippen LogP contribution in [0.25, 0.3) is 0 Å². The summed E-state index contributed by atoms with van der Waals surface area (Å²) < 4.78 is 5.47. The smallest absolute Gasteiger partial charge is 0.272 e. The summed E-state index contributed by atoms with van der Waals surface area (Å²) in [6.07, 6.45) is 0. The second-order valence-electron chi connectivity index (χ2n) is 6.14. The van der Waals surface area contributed by atoms with Crippen LogP contribution in [0.15, 0.2) is 59.7 Å². The molecule has 0 unspecified atom stereocenters.